The minimum Gasteiger partial charge on any atom is -0.493 e. The molecule has 138 valence electrons. The molecule has 0 aliphatic carbocycles. The second-order valence-electron chi connectivity index (χ2n) is 6.18. The van der Waals surface area contributed by atoms with Gasteiger partial charge in [-0.15, -0.1) is 11.3 Å². The van der Waals surface area contributed by atoms with Gasteiger partial charge in [-0.05, 0) is 53.4 Å². The highest BCUT2D eigenvalue weighted by Gasteiger charge is 2.31. The third-order valence-corrected chi connectivity index (χ3v) is 5.52. The van der Waals surface area contributed by atoms with Gasteiger partial charge in [-0.2, -0.15) is 5.10 Å². The quantitative estimate of drug-likeness (QED) is 0.604. The molecule has 0 unspecified atom stereocenters. The highest BCUT2D eigenvalue weighted by Crippen LogP contribution is 2.40. The van der Waals surface area contributed by atoms with Crippen LogP contribution in [0.25, 0.3) is 0 Å². The lowest BCUT2D eigenvalue weighted by molar-refractivity contribution is 0.354. The first-order chi connectivity index (χ1) is 13.2. The van der Waals surface area contributed by atoms with Crippen molar-refractivity contribution in [3.63, 3.8) is 0 Å². The average Bonchev–Trinajstić information content (AvgIpc) is 3.38. The highest BCUT2D eigenvalue weighted by molar-refractivity contribution is 7.12. The lowest BCUT2D eigenvalue weighted by atomic mass is 10.00. The number of halogens is 1. The summed E-state index contributed by atoms with van der Waals surface area (Å²) in [7, 11) is 3.25. The second-order valence-corrected chi connectivity index (χ2v) is 7.13. The van der Waals surface area contributed by atoms with E-state index in [1.807, 2.05) is 34.7 Å². The third-order valence-electron chi connectivity index (χ3n) is 4.60. The molecule has 4 nitrogen and oxygen atoms in total. The molecule has 3 aromatic rings. The number of hydrogen-bond donors (Lipinski definition) is 0. The van der Waals surface area contributed by atoms with Crippen LogP contribution in [-0.2, 0) is 0 Å². The number of hydrogen-bond acceptors (Lipinski definition) is 5. The molecule has 27 heavy (non-hydrogen) atoms. The van der Waals surface area contributed by atoms with Gasteiger partial charge in [0.1, 0.15) is 5.82 Å². The van der Waals surface area contributed by atoms with Gasteiger partial charge in [0.05, 0.1) is 36.5 Å². The molecule has 0 spiro atoms. The van der Waals surface area contributed by atoms with E-state index < -0.39 is 0 Å². The van der Waals surface area contributed by atoms with E-state index in [2.05, 4.69) is 6.07 Å². The molecule has 1 atom stereocenters. The van der Waals surface area contributed by atoms with Crippen molar-refractivity contribution in [3.05, 3.63) is 76.2 Å². The first-order valence-electron chi connectivity index (χ1n) is 8.57. The van der Waals surface area contributed by atoms with E-state index in [1.165, 1.54) is 12.1 Å². The lowest BCUT2D eigenvalue weighted by Gasteiger charge is -2.24. The highest BCUT2D eigenvalue weighted by atomic mass is 32.1. The minimum absolute atomic E-state index is 0.00707. The minimum atomic E-state index is -0.261. The predicted octanol–water partition coefficient (Wildman–Crippen LogP) is 5.26. The van der Waals surface area contributed by atoms with Gasteiger partial charge < -0.3 is 9.47 Å². The van der Waals surface area contributed by atoms with Gasteiger partial charge >= 0.3 is 0 Å². The first kappa shape index (κ1) is 17.5. The fraction of sp³-hybridized carbons (Fsp3) is 0.190. The normalized spacial score (nSPS) is 16.3. The van der Waals surface area contributed by atoms with Crippen molar-refractivity contribution in [1.29, 1.82) is 0 Å². The third kappa shape index (κ3) is 3.40. The van der Waals surface area contributed by atoms with E-state index in [1.54, 1.807) is 37.7 Å². The molecule has 1 aliphatic heterocycles. The molecule has 2 heterocycles. The summed E-state index contributed by atoms with van der Waals surface area (Å²) in [5.41, 5.74) is 2.93. The number of nitrogens with zero attached hydrogens (tertiary/aromatic N) is 2. The summed E-state index contributed by atoms with van der Waals surface area (Å²) < 4.78 is 24.2. The Bertz CT molecular complexity index is 955. The van der Waals surface area contributed by atoms with E-state index in [0.29, 0.717) is 11.5 Å². The zero-order chi connectivity index (χ0) is 18.8. The van der Waals surface area contributed by atoms with E-state index in [9.17, 15) is 4.39 Å². The molecule has 0 saturated carbocycles. The summed E-state index contributed by atoms with van der Waals surface area (Å²) in [6.45, 7) is 0. The van der Waals surface area contributed by atoms with Crippen molar-refractivity contribution in [2.75, 3.05) is 19.2 Å². The molecule has 6 heteroatoms. The van der Waals surface area contributed by atoms with Crippen LogP contribution in [0, 0.1) is 5.82 Å². The van der Waals surface area contributed by atoms with E-state index in [0.717, 1.165) is 28.3 Å². The Balaban J connectivity index is 1.75. The number of rotatable bonds is 5. The van der Waals surface area contributed by atoms with Crippen molar-refractivity contribution < 1.29 is 13.9 Å². The largest absolute Gasteiger partial charge is 0.493 e. The van der Waals surface area contributed by atoms with Gasteiger partial charge in [-0.3, -0.25) is 5.01 Å². The lowest BCUT2D eigenvalue weighted by Crippen LogP contribution is -2.18. The molecule has 0 fully saturated rings. The smallest absolute Gasteiger partial charge is 0.161 e. The van der Waals surface area contributed by atoms with Gasteiger partial charge in [0, 0.05) is 6.42 Å². The fourth-order valence-electron chi connectivity index (χ4n) is 3.25. The number of thiophene rings is 1. The Labute approximate surface area is 161 Å². The molecule has 0 bridgehead atoms. The van der Waals surface area contributed by atoms with Crippen LogP contribution in [0.3, 0.4) is 0 Å². The molecule has 0 N–H and O–H groups in total. The maximum atomic E-state index is 13.4. The predicted molar refractivity (Wildman–Crippen MR) is 107 cm³/mol. The maximum absolute atomic E-state index is 13.4. The zero-order valence-electron chi connectivity index (χ0n) is 15.1. The topological polar surface area (TPSA) is 34.1 Å². The molecule has 0 radical (unpaired) electrons. The zero-order valence-corrected chi connectivity index (χ0v) is 15.9. The molecule has 2 aromatic carbocycles. The summed E-state index contributed by atoms with van der Waals surface area (Å²) in [5, 5.41) is 8.85. The van der Waals surface area contributed by atoms with Crippen molar-refractivity contribution in [3.8, 4) is 11.5 Å². The van der Waals surface area contributed by atoms with Crippen LogP contribution in [0.4, 0.5) is 10.1 Å². The van der Waals surface area contributed by atoms with Crippen LogP contribution in [-0.4, -0.2) is 19.9 Å². The van der Waals surface area contributed by atoms with Crippen LogP contribution < -0.4 is 14.5 Å². The Morgan fingerprint density at radius 1 is 1.04 bits per heavy atom. The van der Waals surface area contributed by atoms with Gasteiger partial charge in [-0.1, -0.05) is 12.1 Å². The fourth-order valence-corrected chi connectivity index (χ4v) is 3.97. The van der Waals surface area contributed by atoms with Crippen molar-refractivity contribution >= 4 is 22.7 Å². The number of hydrazone groups is 1. The summed E-state index contributed by atoms with van der Waals surface area (Å²) in [6.07, 6.45) is 0.757. The SMILES string of the molecule is COc1ccc([C@H]2CC(c3cccs3)=NN2c2ccc(F)cc2)cc1OC. The van der Waals surface area contributed by atoms with E-state index in [-0.39, 0.29) is 11.9 Å². The van der Waals surface area contributed by atoms with Crippen LogP contribution >= 0.6 is 11.3 Å². The molecular weight excluding hydrogens is 363 g/mol. The summed E-state index contributed by atoms with van der Waals surface area (Å²) in [6, 6.07) is 16.4. The van der Waals surface area contributed by atoms with Crippen LogP contribution in [0.1, 0.15) is 22.9 Å². The van der Waals surface area contributed by atoms with Crippen LogP contribution in [0.5, 0.6) is 11.5 Å². The number of ether oxygens (including phenoxy) is 2. The van der Waals surface area contributed by atoms with Crippen LogP contribution in [0.2, 0.25) is 0 Å². The molecule has 0 saturated heterocycles. The van der Waals surface area contributed by atoms with Gasteiger partial charge in [0.15, 0.2) is 11.5 Å². The Morgan fingerprint density at radius 3 is 2.48 bits per heavy atom. The van der Waals surface area contributed by atoms with Gasteiger partial charge in [0.2, 0.25) is 0 Å². The van der Waals surface area contributed by atoms with E-state index >= 15 is 0 Å². The van der Waals surface area contributed by atoms with Gasteiger partial charge in [-0.25, -0.2) is 4.39 Å². The van der Waals surface area contributed by atoms with Crippen LogP contribution in [0.15, 0.2) is 65.1 Å². The summed E-state index contributed by atoms with van der Waals surface area (Å²) in [4.78, 5) is 1.14. The Hall–Kier alpha value is -2.86. The van der Waals surface area contributed by atoms with Crippen molar-refractivity contribution in [2.45, 2.75) is 12.5 Å². The molecule has 0 amide bonds. The standard InChI is InChI=1S/C21H19FN2O2S/c1-25-19-10-5-14(12-20(19)26-2)18-13-17(21-4-3-11-27-21)23-24(18)16-8-6-15(22)7-9-16/h3-12,18H,13H2,1-2H3/t18-/m1/s1. The van der Waals surface area contributed by atoms with Crippen molar-refractivity contribution in [1.82, 2.24) is 0 Å². The van der Waals surface area contributed by atoms with Gasteiger partial charge in [0.25, 0.3) is 0 Å². The maximum Gasteiger partial charge on any atom is 0.161 e. The van der Waals surface area contributed by atoms with E-state index in [4.69, 9.17) is 14.6 Å². The number of benzene rings is 2. The monoisotopic (exact) mass is 382 g/mol. The number of methoxy groups -OCH3 is 2. The molecular formula is C21H19FN2O2S. The van der Waals surface area contributed by atoms with Crippen molar-refractivity contribution in [2.24, 2.45) is 5.10 Å². The Morgan fingerprint density at radius 2 is 1.81 bits per heavy atom. The Kier molecular flexibility index (Phi) is 4.81. The molecule has 4 rings (SSSR count). The first-order valence-corrected chi connectivity index (χ1v) is 9.45. The number of anilines is 1. The average molecular weight is 382 g/mol. The molecule has 1 aromatic heterocycles. The summed E-state index contributed by atoms with van der Waals surface area (Å²) >= 11 is 1.67. The second kappa shape index (κ2) is 7.40. The molecule has 1 aliphatic rings. The summed E-state index contributed by atoms with van der Waals surface area (Å²) in [5.74, 6) is 1.11.